The fourth-order valence-electron chi connectivity index (χ4n) is 3.85. The maximum atomic E-state index is 12.5. The molecule has 21 heavy (non-hydrogen) atoms. The molecular formula is C20H30O. The first-order chi connectivity index (χ1) is 9.81. The van der Waals surface area contributed by atoms with Crippen molar-refractivity contribution in [2.75, 3.05) is 0 Å². The Hall–Kier alpha value is -1.11. The van der Waals surface area contributed by atoms with Gasteiger partial charge in [-0.05, 0) is 53.4 Å². The van der Waals surface area contributed by atoms with Gasteiger partial charge in [-0.2, -0.15) is 0 Å². The SMILES string of the molecule is CCCCC1(C)c2cc(C)c(C(C)C)cc2C(=O)CC1C. The number of ketones is 1. The van der Waals surface area contributed by atoms with Crippen LogP contribution >= 0.6 is 0 Å². The van der Waals surface area contributed by atoms with Gasteiger partial charge in [0.2, 0.25) is 0 Å². The maximum absolute atomic E-state index is 12.5. The predicted octanol–water partition coefficient (Wildman–Crippen LogP) is 5.79. The van der Waals surface area contributed by atoms with Crippen LogP contribution in [0.25, 0.3) is 0 Å². The second-order valence-electron chi connectivity index (χ2n) is 7.46. The normalized spacial score (nSPS) is 25.3. The molecule has 0 N–H and O–H groups in total. The molecule has 0 amide bonds. The van der Waals surface area contributed by atoms with Crippen molar-refractivity contribution in [3.05, 3.63) is 34.4 Å². The fraction of sp³-hybridized carbons (Fsp3) is 0.650. The Balaban J connectivity index is 2.58. The number of hydrogen-bond donors (Lipinski definition) is 0. The van der Waals surface area contributed by atoms with E-state index in [1.54, 1.807) is 0 Å². The maximum Gasteiger partial charge on any atom is 0.163 e. The summed E-state index contributed by atoms with van der Waals surface area (Å²) in [5.74, 6) is 1.26. The van der Waals surface area contributed by atoms with Gasteiger partial charge in [-0.1, -0.05) is 53.5 Å². The molecule has 2 atom stereocenters. The molecule has 0 radical (unpaired) electrons. The third-order valence-electron chi connectivity index (χ3n) is 5.57. The first-order valence-corrected chi connectivity index (χ1v) is 8.49. The van der Waals surface area contributed by atoms with Crippen molar-refractivity contribution in [2.24, 2.45) is 5.92 Å². The van der Waals surface area contributed by atoms with Crippen LogP contribution in [0.1, 0.15) is 93.3 Å². The number of hydrogen-bond acceptors (Lipinski definition) is 1. The third kappa shape index (κ3) is 2.80. The van der Waals surface area contributed by atoms with Crippen LogP contribution in [0.3, 0.4) is 0 Å². The van der Waals surface area contributed by atoms with Gasteiger partial charge in [-0.15, -0.1) is 0 Å². The first kappa shape index (κ1) is 16.3. The van der Waals surface area contributed by atoms with Crippen LogP contribution in [0.2, 0.25) is 0 Å². The molecule has 2 unspecified atom stereocenters. The van der Waals surface area contributed by atoms with Gasteiger partial charge in [0.25, 0.3) is 0 Å². The van der Waals surface area contributed by atoms with Crippen molar-refractivity contribution in [3.8, 4) is 0 Å². The van der Waals surface area contributed by atoms with Crippen molar-refractivity contribution in [1.82, 2.24) is 0 Å². The van der Waals surface area contributed by atoms with Crippen LogP contribution in [0.5, 0.6) is 0 Å². The second kappa shape index (κ2) is 5.94. The van der Waals surface area contributed by atoms with E-state index in [1.165, 1.54) is 36.0 Å². The van der Waals surface area contributed by atoms with E-state index in [4.69, 9.17) is 0 Å². The van der Waals surface area contributed by atoms with Gasteiger partial charge in [0.05, 0.1) is 0 Å². The molecule has 1 aliphatic carbocycles. The van der Waals surface area contributed by atoms with E-state index in [9.17, 15) is 4.79 Å². The molecule has 1 aromatic rings. The molecule has 0 heterocycles. The average molecular weight is 286 g/mol. The van der Waals surface area contributed by atoms with Crippen molar-refractivity contribution >= 4 is 5.78 Å². The van der Waals surface area contributed by atoms with Crippen molar-refractivity contribution in [3.63, 3.8) is 0 Å². The van der Waals surface area contributed by atoms with Crippen LogP contribution in [0, 0.1) is 12.8 Å². The summed E-state index contributed by atoms with van der Waals surface area (Å²) in [6, 6.07) is 4.50. The van der Waals surface area contributed by atoms with Gasteiger partial charge in [0.15, 0.2) is 5.78 Å². The summed E-state index contributed by atoms with van der Waals surface area (Å²) >= 11 is 0. The zero-order valence-corrected chi connectivity index (χ0v) is 14.5. The topological polar surface area (TPSA) is 17.1 Å². The number of fused-ring (bicyclic) bond motifs is 1. The summed E-state index contributed by atoms with van der Waals surface area (Å²) in [6.07, 6.45) is 4.34. The molecule has 1 aliphatic rings. The van der Waals surface area contributed by atoms with Gasteiger partial charge in [-0.25, -0.2) is 0 Å². The lowest BCUT2D eigenvalue weighted by molar-refractivity contribution is 0.0908. The number of benzene rings is 1. The van der Waals surface area contributed by atoms with Gasteiger partial charge in [0.1, 0.15) is 0 Å². The van der Waals surface area contributed by atoms with E-state index >= 15 is 0 Å². The zero-order valence-electron chi connectivity index (χ0n) is 14.5. The van der Waals surface area contributed by atoms with Crippen molar-refractivity contribution < 1.29 is 4.79 Å². The number of unbranched alkanes of at least 4 members (excludes halogenated alkanes) is 1. The summed E-state index contributed by atoms with van der Waals surface area (Å²) in [4.78, 5) is 12.5. The Morgan fingerprint density at radius 1 is 1.33 bits per heavy atom. The highest BCUT2D eigenvalue weighted by Gasteiger charge is 2.40. The highest BCUT2D eigenvalue weighted by atomic mass is 16.1. The van der Waals surface area contributed by atoms with Gasteiger partial charge >= 0.3 is 0 Å². The van der Waals surface area contributed by atoms with E-state index in [-0.39, 0.29) is 5.41 Å². The Labute approximate surface area is 130 Å². The Morgan fingerprint density at radius 2 is 2.00 bits per heavy atom. The number of aryl methyl sites for hydroxylation is 1. The fourth-order valence-corrected chi connectivity index (χ4v) is 3.85. The Morgan fingerprint density at radius 3 is 2.57 bits per heavy atom. The summed E-state index contributed by atoms with van der Waals surface area (Å²) in [7, 11) is 0. The minimum absolute atomic E-state index is 0.152. The molecule has 0 saturated carbocycles. The van der Waals surface area contributed by atoms with Crippen molar-refractivity contribution in [1.29, 1.82) is 0 Å². The summed E-state index contributed by atoms with van der Waals surface area (Å²) in [6.45, 7) is 13.5. The quantitative estimate of drug-likeness (QED) is 0.684. The van der Waals surface area contributed by atoms with E-state index in [0.717, 1.165) is 5.56 Å². The molecule has 116 valence electrons. The van der Waals surface area contributed by atoms with Crippen LogP contribution in [0.4, 0.5) is 0 Å². The average Bonchev–Trinajstić information content (AvgIpc) is 2.42. The molecule has 1 nitrogen and oxygen atoms in total. The second-order valence-corrected chi connectivity index (χ2v) is 7.46. The molecule has 1 heteroatoms. The summed E-state index contributed by atoms with van der Waals surface area (Å²) in [5.41, 5.74) is 5.13. The number of rotatable bonds is 4. The van der Waals surface area contributed by atoms with E-state index in [2.05, 4.69) is 53.7 Å². The molecular weight excluding hydrogens is 256 g/mol. The van der Waals surface area contributed by atoms with Gasteiger partial charge < -0.3 is 0 Å². The predicted molar refractivity (Wildman–Crippen MR) is 90.3 cm³/mol. The number of carbonyl (C=O) groups is 1. The molecule has 0 aliphatic heterocycles. The van der Waals surface area contributed by atoms with Crippen LogP contribution in [-0.4, -0.2) is 5.78 Å². The molecule has 0 saturated heterocycles. The van der Waals surface area contributed by atoms with Gasteiger partial charge in [-0.3, -0.25) is 4.79 Å². The van der Waals surface area contributed by atoms with Crippen LogP contribution < -0.4 is 0 Å². The standard InChI is InChI=1S/C20H30O/c1-7-8-9-20(6)15(5)11-19(21)17-12-16(13(2)3)14(4)10-18(17)20/h10,12-13,15H,7-9,11H2,1-6H3. The number of Topliss-reactive ketones (excluding diaryl/α,β-unsaturated/α-hetero) is 1. The third-order valence-corrected chi connectivity index (χ3v) is 5.57. The van der Waals surface area contributed by atoms with Crippen molar-refractivity contribution in [2.45, 2.75) is 78.6 Å². The minimum atomic E-state index is 0.152. The van der Waals surface area contributed by atoms with E-state index < -0.39 is 0 Å². The summed E-state index contributed by atoms with van der Waals surface area (Å²) in [5, 5.41) is 0. The monoisotopic (exact) mass is 286 g/mol. The smallest absolute Gasteiger partial charge is 0.163 e. The highest BCUT2D eigenvalue weighted by Crippen LogP contribution is 2.45. The molecule has 2 rings (SSSR count). The molecule has 0 spiro atoms. The summed E-state index contributed by atoms with van der Waals surface area (Å²) < 4.78 is 0. The largest absolute Gasteiger partial charge is 0.294 e. The highest BCUT2D eigenvalue weighted by molar-refractivity contribution is 5.99. The van der Waals surface area contributed by atoms with E-state index in [0.29, 0.717) is 24.0 Å². The van der Waals surface area contributed by atoms with Crippen LogP contribution in [0.15, 0.2) is 12.1 Å². The molecule has 0 fully saturated rings. The first-order valence-electron chi connectivity index (χ1n) is 8.49. The Bertz CT molecular complexity index is 541. The van der Waals surface area contributed by atoms with Gasteiger partial charge in [0, 0.05) is 12.0 Å². The van der Waals surface area contributed by atoms with Crippen LogP contribution in [-0.2, 0) is 5.41 Å². The molecule has 1 aromatic carbocycles. The molecule has 0 aromatic heterocycles. The lowest BCUT2D eigenvalue weighted by atomic mass is 9.62. The number of carbonyl (C=O) groups excluding carboxylic acids is 1. The minimum Gasteiger partial charge on any atom is -0.294 e. The Kier molecular flexibility index (Phi) is 4.60. The lowest BCUT2D eigenvalue weighted by Gasteiger charge is -2.42. The van der Waals surface area contributed by atoms with E-state index in [1.807, 2.05) is 0 Å². The molecule has 0 bridgehead atoms. The zero-order chi connectivity index (χ0) is 15.8. The lowest BCUT2D eigenvalue weighted by Crippen LogP contribution is -2.38.